The summed E-state index contributed by atoms with van der Waals surface area (Å²) in [6, 6.07) is -0.198. The van der Waals surface area contributed by atoms with Crippen LogP contribution in [0.15, 0.2) is 0 Å². The molecule has 3 N–H and O–H groups in total. The molecular weight excluding hydrogens is 216 g/mol. The van der Waals surface area contributed by atoms with Gasteiger partial charge in [-0.1, -0.05) is 20.3 Å². The second kappa shape index (κ2) is 6.97. The molecule has 1 rings (SSSR count). The zero-order valence-corrected chi connectivity index (χ0v) is 11.1. The Labute approximate surface area is 104 Å². The number of aliphatic hydroxyl groups is 1. The summed E-state index contributed by atoms with van der Waals surface area (Å²) in [5.74, 6) is 0.289. The maximum atomic E-state index is 12.3. The van der Waals surface area contributed by atoms with Gasteiger partial charge in [-0.3, -0.25) is 4.79 Å². The molecule has 0 spiro atoms. The van der Waals surface area contributed by atoms with Crippen LogP contribution in [-0.2, 0) is 4.79 Å². The number of hydrogen-bond donors (Lipinski definition) is 2. The quantitative estimate of drug-likeness (QED) is 0.759. The molecule has 1 amide bonds. The van der Waals surface area contributed by atoms with Crippen molar-refractivity contribution in [2.75, 3.05) is 13.2 Å². The molecule has 1 saturated heterocycles. The lowest BCUT2D eigenvalue weighted by atomic mass is 9.94. The molecule has 0 aromatic carbocycles. The van der Waals surface area contributed by atoms with E-state index in [0.29, 0.717) is 6.42 Å². The number of likely N-dealkylation sites (tertiary alicyclic amines) is 1. The number of amides is 1. The first-order valence-electron chi connectivity index (χ1n) is 6.78. The first-order chi connectivity index (χ1) is 8.11. The summed E-state index contributed by atoms with van der Waals surface area (Å²) >= 11 is 0. The van der Waals surface area contributed by atoms with E-state index in [2.05, 4.69) is 6.92 Å². The van der Waals surface area contributed by atoms with E-state index in [9.17, 15) is 4.79 Å². The van der Waals surface area contributed by atoms with Crippen molar-refractivity contribution in [1.29, 1.82) is 0 Å². The Bertz CT molecular complexity index is 244. The number of carbonyl (C=O) groups is 1. The Balaban J connectivity index is 2.64. The fourth-order valence-electron chi connectivity index (χ4n) is 2.43. The van der Waals surface area contributed by atoms with Gasteiger partial charge in [-0.05, 0) is 31.6 Å². The molecule has 1 aliphatic heterocycles. The van der Waals surface area contributed by atoms with E-state index in [1.165, 1.54) is 0 Å². The van der Waals surface area contributed by atoms with Crippen LogP contribution in [-0.4, -0.2) is 41.1 Å². The normalized spacial score (nSPS) is 24.5. The van der Waals surface area contributed by atoms with Gasteiger partial charge in [0.1, 0.15) is 0 Å². The summed E-state index contributed by atoms with van der Waals surface area (Å²) in [6.07, 6.45) is 4.80. The molecule has 2 unspecified atom stereocenters. The lowest BCUT2D eigenvalue weighted by Crippen LogP contribution is -2.52. The molecule has 100 valence electrons. The van der Waals surface area contributed by atoms with Crippen LogP contribution in [0.1, 0.15) is 46.0 Å². The van der Waals surface area contributed by atoms with E-state index in [0.717, 1.165) is 32.2 Å². The highest BCUT2D eigenvalue weighted by Crippen LogP contribution is 2.21. The number of nitrogens with two attached hydrogens (primary N) is 1. The van der Waals surface area contributed by atoms with E-state index < -0.39 is 0 Å². The molecule has 1 aliphatic rings. The smallest absolute Gasteiger partial charge is 0.240 e. The molecule has 4 nitrogen and oxygen atoms in total. The van der Waals surface area contributed by atoms with E-state index in [-0.39, 0.29) is 30.5 Å². The van der Waals surface area contributed by atoms with Gasteiger partial charge in [-0.15, -0.1) is 0 Å². The SMILES string of the molecule is CCC(C)[C@H](N)C(=O)N1CCCCC1CCO. The summed E-state index contributed by atoms with van der Waals surface area (Å²) in [5, 5.41) is 9.04. The summed E-state index contributed by atoms with van der Waals surface area (Å²) < 4.78 is 0. The van der Waals surface area contributed by atoms with E-state index in [1.807, 2.05) is 11.8 Å². The maximum Gasteiger partial charge on any atom is 0.240 e. The van der Waals surface area contributed by atoms with Gasteiger partial charge in [-0.2, -0.15) is 0 Å². The maximum absolute atomic E-state index is 12.3. The highest BCUT2D eigenvalue weighted by molar-refractivity contribution is 5.82. The van der Waals surface area contributed by atoms with Crippen LogP contribution in [0.2, 0.25) is 0 Å². The average molecular weight is 242 g/mol. The summed E-state index contributed by atoms with van der Waals surface area (Å²) in [4.78, 5) is 14.2. The van der Waals surface area contributed by atoms with Crippen LogP contribution >= 0.6 is 0 Å². The third-order valence-corrected chi connectivity index (χ3v) is 3.91. The Hall–Kier alpha value is -0.610. The molecule has 0 bridgehead atoms. The third kappa shape index (κ3) is 3.68. The van der Waals surface area contributed by atoms with Crippen molar-refractivity contribution in [3.8, 4) is 0 Å². The molecule has 17 heavy (non-hydrogen) atoms. The van der Waals surface area contributed by atoms with Crippen LogP contribution < -0.4 is 5.73 Å². The number of nitrogens with zero attached hydrogens (tertiary/aromatic N) is 1. The lowest BCUT2D eigenvalue weighted by molar-refractivity contribution is -0.137. The minimum atomic E-state index is -0.390. The molecule has 3 atom stereocenters. The second-order valence-corrected chi connectivity index (χ2v) is 5.10. The van der Waals surface area contributed by atoms with Crippen LogP contribution in [0.5, 0.6) is 0 Å². The van der Waals surface area contributed by atoms with Gasteiger partial charge in [0.25, 0.3) is 0 Å². The summed E-state index contributed by atoms with van der Waals surface area (Å²) in [6.45, 7) is 5.02. The molecule has 0 aromatic rings. The van der Waals surface area contributed by atoms with Gasteiger partial charge in [0.2, 0.25) is 5.91 Å². The Morgan fingerprint density at radius 1 is 1.53 bits per heavy atom. The van der Waals surface area contributed by atoms with Gasteiger partial charge >= 0.3 is 0 Å². The second-order valence-electron chi connectivity index (χ2n) is 5.10. The van der Waals surface area contributed by atoms with Crippen molar-refractivity contribution >= 4 is 5.91 Å². The van der Waals surface area contributed by atoms with Crippen LogP contribution in [0.4, 0.5) is 0 Å². The number of rotatable bonds is 5. The minimum absolute atomic E-state index is 0.0671. The predicted octanol–water partition coefficient (Wildman–Crippen LogP) is 1.12. The van der Waals surface area contributed by atoms with Gasteiger partial charge in [0, 0.05) is 19.2 Å². The molecule has 0 aromatic heterocycles. The van der Waals surface area contributed by atoms with Gasteiger partial charge in [0.15, 0.2) is 0 Å². The van der Waals surface area contributed by atoms with Crippen molar-refractivity contribution < 1.29 is 9.90 Å². The largest absolute Gasteiger partial charge is 0.396 e. The Morgan fingerprint density at radius 2 is 2.24 bits per heavy atom. The van der Waals surface area contributed by atoms with Crippen LogP contribution in [0, 0.1) is 5.92 Å². The molecule has 0 aliphatic carbocycles. The zero-order chi connectivity index (χ0) is 12.8. The minimum Gasteiger partial charge on any atom is -0.396 e. The zero-order valence-electron chi connectivity index (χ0n) is 11.1. The average Bonchev–Trinajstić information content (AvgIpc) is 2.37. The highest BCUT2D eigenvalue weighted by Gasteiger charge is 2.31. The molecule has 0 saturated carbocycles. The predicted molar refractivity (Wildman–Crippen MR) is 68.5 cm³/mol. The Kier molecular flexibility index (Phi) is 5.92. The lowest BCUT2D eigenvalue weighted by Gasteiger charge is -2.38. The number of aliphatic hydroxyl groups excluding tert-OH is 1. The van der Waals surface area contributed by atoms with Crippen molar-refractivity contribution in [3.05, 3.63) is 0 Å². The van der Waals surface area contributed by atoms with Gasteiger partial charge in [0.05, 0.1) is 6.04 Å². The third-order valence-electron chi connectivity index (χ3n) is 3.91. The topological polar surface area (TPSA) is 66.6 Å². The summed E-state index contributed by atoms with van der Waals surface area (Å²) in [7, 11) is 0. The monoisotopic (exact) mass is 242 g/mol. The van der Waals surface area contributed by atoms with Crippen molar-refractivity contribution in [2.24, 2.45) is 11.7 Å². The molecule has 1 heterocycles. The van der Waals surface area contributed by atoms with Crippen molar-refractivity contribution in [3.63, 3.8) is 0 Å². The standard InChI is InChI=1S/C13H26N2O2/c1-3-10(2)12(14)13(17)15-8-5-4-6-11(15)7-9-16/h10-12,16H,3-9,14H2,1-2H3/t10?,11?,12-/m0/s1. The van der Waals surface area contributed by atoms with Crippen molar-refractivity contribution in [1.82, 2.24) is 4.90 Å². The first kappa shape index (κ1) is 14.5. The van der Waals surface area contributed by atoms with Crippen LogP contribution in [0.3, 0.4) is 0 Å². The fraction of sp³-hybridized carbons (Fsp3) is 0.923. The summed E-state index contributed by atoms with van der Waals surface area (Å²) in [5.41, 5.74) is 6.01. The van der Waals surface area contributed by atoms with E-state index in [4.69, 9.17) is 10.8 Å². The molecule has 1 fully saturated rings. The van der Waals surface area contributed by atoms with Crippen LogP contribution in [0.25, 0.3) is 0 Å². The Morgan fingerprint density at radius 3 is 2.82 bits per heavy atom. The molecule has 0 radical (unpaired) electrons. The number of carbonyl (C=O) groups excluding carboxylic acids is 1. The number of piperidine rings is 1. The molecule has 4 heteroatoms. The fourth-order valence-corrected chi connectivity index (χ4v) is 2.43. The van der Waals surface area contributed by atoms with Gasteiger partial charge in [-0.25, -0.2) is 0 Å². The molecular formula is C13H26N2O2. The van der Waals surface area contributed by atoms with E-state index >= 15 is 0 Å². The first-order valence-corrected chi connectivity index (χ1v) is 6.78. The van der Waals surface area contributed by atoms with Crippen molar-refractivity contribution in [2.45, 2.75) is 58.0 Å². The van der Waals surface area contributed by atoms with E-state index in [1.54, 1.807) is 0 Å². The highest BCUT2D eigenvalue weighted by atomic mass is 16.3. The van der Waals surface area contributed by atoms with Gasteiger partial charge < -0.3 is 15.7 Å². The number of hydrogen-bond acceptors (Lipinski definition) is 3.